The minimum absolute atomic E-state index is 0.313. The number of nitrogens with zero attached hydrogens (tertiary/aromatic N) is 6. The van der Waals surface area contributed by atoms with Crippen molar-refractivity contribution >= 4 is 51.9 Å². The zero-order chi connectivity index (χ0) is 21.5. The topological polar surface area (TPSA) is 101 Å². The van der Waals surface area contributed by atoms with Crippen LogP contribution >= 0.6 is 11.3 Å². The molecule has 0 unspecified atom stereocenters. The van der Waals surface area contributed by atoms with Crippen molar-refractivity contribution < 1.29 is 9.53 Å². The number of aryl methyl sites for hydroxylation is 2. The molecule has 0 fully saturated rings. The van der Waals surface area contributed by atoms with Crippen molar-refractivity contribution in [2.24, 2.45) is 25.4 Å². The van der Waals surface area contributed by atoms with E-state index in [4.69, 9.17) is 4.74 Å². The Morgan fingerprint density at radius 2 is 1.63 bits per heavy atom. The van der Waals surface area contributed by atoms with Gasteiger partial charge in [0, 0.05) is 0 Å². The SMILES string of the molecule is C=Nc1ccc(/N=N/c2ccc(/N=N/c3ncc(C(=O)OCC)s3)c(C)c2)c(C)c1. The molecule has 30 heavy (non-hydrogen) atoms. The van der Waals surface area contributed by atoms with Gasteiger partial charge in [-0.05, 0) is 75.0 Å². The summed E-state index contributed by atoms with van der Waals surface area (Å²) in [5, 5.41) is 17.3. The number of esters is 1. The van der Waals surface area contributed by atoms with Crippen molar-refractivity contribution in [3.63, 3.8) is 0 Å². The molecule has 152 valence electrons. The lowest BCUT2D eigenvalue weighted by molar-refractivity contribution is 0.0532. The summed E-state index contributed by atoms with van der Waals surface area (Å²) in [4.78, 5) is 20.1. The summed E-state index contributed by atoms with van der Waals surface area (Å²) in [5.41, 5.74) is 4.81. The molecule has 1 heterocycles. The Kier molecular flexibility index (Phi) is 6.87. The van der Waals surface area contributed by atoms with Crippen molar-refractivity contribution in [3.8, 4) is 0 Å². The van der Waals surface area contributed by atoms with E-state index < -0.39 is 5.97 Å². The van der Waals surface area contributed by atoms with Gasteiger partial charge in [-0.2, -0.15) is 10.2 Å². The Labute approximate surface area is 178 Å². The number of benzene rings is 2. The van der Waals surface area contributed by atoms with Crippen LogP contribution < -0.4 is 0 Å². The molecule has 9 heteroatoms. The van der Waals surface area contributed by atoms with E-state index in [9.17, 15) is 4.79 Å². The maximum Gasteiger partial charge on any atom is 0.350 e. The average Bonchev–Trinajstić information content (AvgIpc) is 3.21. The number of thiazole rings is 1. The summed E-state index contributed by atoms with van der Waals surface area (Å²) < 4.78 is 4.94. The molecule has 0 saturated carbocycles. The van der Waals surface area contributed by atoms with Gasteiger partial charge in [-0.25, -0.2) is 9.78 Å². The molecule has 0 atom stereocenters. The van der Waals surface area contributed by atoms with Crippen molar-refractivity contribution in [2.75, 3.05) is 6.61 Å². The minimum Gasteiger partial charge on any atom is -0.462 e. The highest BCUT2D eigenvalue weighted by Crippen LogP contribution is 2.30. The smallest absolute Gasteiger partial charge is 0.350 e. The highest BCUT2D eigenvalue weighted by atomic mass is 32.1. The zero-order valence-corrected chi connectivity index (χ0v) is 17.7. The zero-order valence-electron chi connectivity index (χ0n) is 16.9. The molecule has 0 bridgehead atoms. The van der Waals surface area contributed by atoms with E-state index in [1.54, 1.807) is 6.92 Å². The van der Waals surface area contributed by atoms with Gasteiger partial charge in [0.2, 0.25) is 5.13 Å². The molecule has 0 N–H and O–H groups in total. The van der Waals surface area contributed by atoms with Gasteiger partial charge in [0.05, 0.1) is 35.6 Å². The number of hydrogen-bond donors (Lipinski definition) is 0. The molecular formula is C21H20N6O2S. The first kappa shape index (κ1) is 21.1. The van der Waals surface area contributed by atoms with Gasteiger partial charge in [0.25, 0.3) is 0 Å². The predicted octanol–water partition coefficient (Wildman–Crippen LogP) is 7.10. The van der Waals surface area contributed by atoms with Gasteiger partial charge in [-0.15, -0.1) is 10.2 Å². The van der Waals surface area contributed by atoms with Crippen LogP contribution in [-0.4, -0.2) is 24.3 Å². The Balaban J connectivity index is 1.71. The molecule has 0 aliphatic carbocycles. The molecule has 8 nitrogen and oxygen atoms in total. The Morgan fingerprint density at radius 3 is 2.27 bits per heavy atom. The summed E-state index contributed by atoms with van der Waals surface area (Å²) in [5.74, 6) is -0.409. The number of azo groups is 2. The lowest BCUT2D eigenvalue weighted by Gasteiger charge is -2.02. The van der Waals surface area contributed by atoms with Gasteiger partial charge >= 0.3 is 5.97 Å². The molecule has 0 saturated heterocycles. The fraction of sp³-hybridized carbons (Fsp3) is 0.190. The molecule has 3 aromatic rings. The summed E-state index contributed by atoms with van der Waals surface area (Å²) in [6, 6.07) is 11.1. The van der Waals surface area contributed by atoms with Crippen LogP contribution in [0.3, 0.4) is 0 Å². The number of hydrogen-bond acceptors (Lipinski definition) is 9. The molecule has 0 radical (unpaired) electrons. The van der Waals surface area contributed by atoms with Crippen LogP contribution in [-0.2, 0) is 4.74 Å². The van der Waals surface area contributed by atoms with Gasteiger partial charge < -0.3 is 4.74 Å². The second-order valence-corrected chi connectivity index (χ2v) is 7.24. The summed E-state index contributed by atoms with van der Waals surface area (Å²) >= 11 is 1.13. The van der Waals surface area contributed by atoms with Crippen molar-refractivity contribution in [2.45, 2.75) is 20.8 Å². The first-order valence-corrected chi connectivity index (χ1v) is 9.96. The van der Waals surface area contributed by atoms with Crippen LogP contribution in [0, 0.1) is 13.8 Å². The first-order chi connectivity index (χ1) is 14.5. The Morgan fingerprint density at radius 1 is 1.00 bits per heavy atom. The number of carbonyl (C=O) groups is 1. The third-order valence-electron chi connectivity index (χ3n) is 4.03. The van der Waals surface area contributed by atoms with Crippen molar-refractivity contribution in [1.82, 2.24) is 4.98 Å². The van der Waals surface area contributed by atoms with Crippen LogP contribution in [0.5, 0.6) is 0 Å². The lowest BCUT2D eigenvalue weighted by atomic mass is 10.2. The highest BCUT2D eigenvalue weighted by molar-refractivity contribution is 7.17. The normalized spacial score (nSPS) is 11.3. The number of carbonyl (C=O) groups excluding carboxylic acids is 1. The van der Waals surface area contributed by atoms with Crippen molar-refractivity contribution in [1.29, 1.82) is 0 Å². The van der Waals surface area contributed by atoms with Gasteiger partial charge in [-0.3, -0.25) is 4.99 Å². The maximum absolute atomic E-state index is 11.7. The lowest BCUT2D eigenvalue weighted by Crippen LogP contribution is -2.01. The van der Waals surface area contributed by atoms with E-state index in [-0.39, 0.29) is 0 Å². The molecular weight excluding hydrogens is 400 g/mol. The quantitative estimate of drug-likeness (QED) is 0.231. The third kappa shape index (κ3) is 5.26. The Bertz CT molecular complexity index is 1140. The predicted molar refractivity (Wildman–Crippen MR) is 118 cm³/mol. The van der Waals surface area contributed by atoms with E-state index in [1.165, 1.54) is 6.20 Å². The van der Waals surface area contributed by atoms with Crippen LogP contribution in [0.4, 0.5) is 27.9 Å². The first-order valence-electron chi connectivity index (χ1n) is 9.14. The fourth-order valence-corrected chi connectivity index (χ4v) is 3.11. The van der Waals surface area contributed by atoms with Gasteiger partial charge in [0.15, 0.2) is 0 Å². The van der Waals surface area contributed by atoms with Crippen LogP contribution in [0.2, 0.25) is 0 Å². The number of aromatic nitrogens is 1. The fourth-order valence-electron chi connectivity index (χ4n) is 2.48. The van der Waals surface area contributed by atoms with Gasteiger partial charge in [-0.1, -0.05) is 11.3 Å². The standard InChI is InChI=1S/C21H20N6O2S/c1-5-29-20(28)19-12-23-21(30-19)27-26-18-9-7-16(11-14(18)3)24-25-17-8-6-15(22-4)10-13(17)2/h6-12H,4-5H2,1-3H3/b25-24+,27-26+. The second-order valence-electron chi connectivity index (χ2n) is 6.23. The molecule has 3 rings (SSSR count). The minimum atomic E-state index is -0.409. The number of rotatable bonds is 7. The van der Waals surface area contributed by atoms with E-state index >= 15 is 0 Å². The maximum atomic E-state index is 11.7. The largest absolute Gasteiger partial charge is 0.462 e. The highest BCUT2D eigenvalue weighted by Gasteiger charge is 2.11. The van der Waals surface area contributed by atoms with E-state index in [0.717, 1.165) is 33.8 Å². The number of ether oxygens (including phenoxy) is 1. The van der Waals surface area contributed by atoms with E-state index in [1.807, 2.05) is 50.2 Å². The monoisotopic (exact) mass is 420 g/mol. The second kappa shape index (κ2) is 9.75. The molecule has 0 amide bonds. The molecule has 0 spiro atoms. The van der Waals surface area contributed by atoms with Crippen LogP contribution in [0.1, 0.15) is 27.7 Å². The molecule has 0 aliphatic heterocycles. The summed E-state index contributed by atoms with van der Waals surface area (Å²) in [7, 11) is 0. The third-order valence-corrected chi connectivity index (χ3v) is 4.89. The van der Waals surface area contributed by atoms with Crippen LogP contribution in [0.25, 0.3) is 0 Å². The molecule has 2 aromatic carbocycles. The molecule has 1 aromatic heterocycles. The van der Waals surface area contributed by atoms with Gasteiger partial charge in [0.1, 0.15) is 4.88 Å². The van der Waals surface area contributed by atoms with E-state index in [0.29, 0.717) is 28.0 Å². The van der Waals surface area contributed by atoms with Crippen LogP contribution in [0.15, 0.2) is 68.0 Å². The number of aliphatic imine (C=N–C) groups is 1. The summed E-state index contributed by atoms with van der Waals surface area (Å²) in [6.07, 6.45) is 1.44. The molecule has 0 aliphatic rings. The summed E-state index contributed by atoms with van der Waals surface area (Å²) in [6.45, 7) is 9.44. The van der Waals surface area contributed by atoms with E-state index in [2.05, 4.69) is 37.2 Å². The Hall–Kier alpha value is -3.59. The average molecular weight is 420 g/mol. The van der Waals surface area contributed by atoms with Crippen molar-refractivity contribution in [3.05, 3.63) is 58.6 Å².